The highest BCUT2D eigenvalue weighted by molar-refractivity contribution is 5.91. The quantitative estimate of drug-likeness (QED) is 0.144. The third kappa shape index (κ3) is 6.85. The first-order valence-electron chi connectivity index (χ1n) is 22.4. The number of anilines is 9. The van der Waals surface area contributed by atoms with Crippen LogP contribution in [0.3, 0.4) is 0 Å². The van der Waals surface area contributed by atoms with Crippen LogP contribution < -0.4 is 14.7 Å². The maximum Gasteiger partial charge on any atom is 0.0743 e. The standard InChI is InChI=1S/C61H53N3/c1-42-33-36-50(37-34-42)62-59-32-16-11-27-53(59)61(54-39-43(2)35-38-60(54)62,48-23-17-25-51(40-48)63(55-28-12-7-19-44(55)3)56-29-13-8-20-45(56)4)49-24-18-26-52(41-49)64(57-30-14-9-21-46(57)5)58-31-15-10-22-47(58)6/h7-41H,1-6H3. The van der Waals surface area contributed by atoms with Crippen molar-refractivity contribution in [1.82, 2.24) is 0 Å². The van der Waals surface area contributed by atoms with Gasteiger partial charge >= 0.3 is 0 Å². The van der Waals surface area contributed by atoms with Gasteiger partial charge in [-0.25, -0.2) is 0 Å². The lowest BCUT2D eigenvalue weighted by molar-refractivity contribution is 0.730. The van der Waals surface area contributed by atoms with Gasteiger partial charge in [0.15, 0.2) is 0 Å². The Kier molecular flexibility index (Phi) is 10.5. The van der Waals surface area contributed by atoms with Gasteiger partial charge in [-0.05, 0) is 159 Å². The molecule has 0 radical (unpaired) electrons. The Labute approximate surface area is 379 Å². The van der Waals surface area contributed by atoms with Gasteiger partial charge in [0.25, 0.3) is 0 Å². The van der Waals surface area contributed by atoms with E-state index in [9.17, 15) is 0 Å². The molecule has 1 heterocycles. The van der Waals surface area contributed by atoms with E-state index in [1.807, 2.05) is 0 Å². The molecule has 10 rings (SSSR count). The monoisotopic (exact) mass is 827 g/mol. The summed E-state index contributed by atoms with van der Waals surface area (Å²) in [6, 6.07) is 78.7. The molecule has 0 saturated heterocycles. The molecule has 1 aliphatic heterocycles. The lowest BCUT2D eigenvalue weighted by Gasteiger charge is -2.47. The molecule has 0 aliphatic carbocycles. The molecule has 0 aromatic heterocycles. The van der Waals surface area contributed by atoms with Crippen molar-refractivity contribution in [2.45, 2.75) is 47.0 Å². The summed E-state index contributed by atoms with van der Waals surface area (Å²) in [6.07, 6.45) is 0. The van der Waals surface area contributed by atoms with Gasteiger partial charge in [-0.15, -0.1) is 0 Å². The van der Waals surface area contributed by atoms with Crippen molar-refractivity contribution in [2.24, 2.45) is 0 Å². The van der Waals surface area contributed by atoms with Gasteiger partial charge in [0.1, 0.15) is 0 Å². The van der Waals surface area contributed by atoms with E-state index < -0.39 is 5.41 Å². The van der Waals surface area contributed by atoms with Crippen molar-refractivity contribution in [3.05, 3.63) is 268 Å². The summed E-state index contributed by atoms with van der Waals surface area (Å²) in [5, 5.41) is 0. The first-order valence-corrected chi connectivity index (χ1v) is 22.4. The van der Waals surface area contributed by atoms with E-state index in [4.69, 9.17) is 0 Å². The highest BCUT2D eigenvalue weighted by Gasteiger charge is 2.47. The minimum Gasteiger partial charge on any atom is -0.310 e. The van der Waals surface area contributed by atoms with Crippen LogP contribution >= 0.6 is 0 Å². The molecule has 64 heavy (non-hydrogen) atoms. The fourth-order valence-corrected chi connectivity index (χ4v) is 10.00. The molecular formula is C61H53N3. The van der Waals surface area contributed by atoms with Gasteiger partial charge in [0, 0.05) is 39.8 Å². The number of hydrogen-bond donors (Lipinski definition) is 0. The Morgan fingerprint density at radius 2 is 0.734 bits per heavy atom. The largest absolute Gasteiger partial charge is 0.310 e. The smallest absolute Gasteiger partial charge is 0.0743 e. The first kappa shape index (κ1) is 40.5. The Morgan fingerprint density at radius 1 is 0.328 bits per heavy atom. The maximum atomic E-state index is 2.47. The van der Waals surface area contributed by atoms with Crippen LogP contribution in [0.1, 0.15) is 55.6 Å². The van der Waals surface area contributed by atoms with E-state index in [1.165, 1.54) is 55.6 Å². The van der Waals surface area contributed by atoms with Gasteiger partial charge in [-0.1, -0.05) is 151 Å². The molecule has 0 atom stereocenters. The van der Waals surface area contributed by atoms with Crippen molar-refractivity contribution >= 4 is 51.2 Å². The van der Waals surface area contributed by atoms with Crippen molar-refractivity contribution in [2.75, 3.05) is 14.7 Å². The zero-order chi connectivity index (χ0) is 44.0. The number of aryl methyl sites for hydroxylation is 6. The summed E-state index contributed by atoms with van der Waals surface area (Å²) in [7, 11) is 0. The van der Waals surface area contributed by atoms with Crippen LogP contribution in [-0.2, 0) is 5.41 Å². The molecule has 312 valence electrons. The van der Waals surface area contributed by atoms with Crippen LogP contribution in [0.2, 0.25) is 0 Å². The van der Waals surface area contributed by atoms with Crippen molar-refractivity contribution in [1.29, 1.82) is 0 Å². The number of hydrogen-bond acceptors (Lipinski definition) is 3. The highest BCUT2D eigenvalue weighted by Crippen LogP contribution is 2.59. The van der Waals surface area contributed by atoms with Crippen LogP contribution in [0.25, 0.3) is 0 Å². The molecule has 0 unspecified atom stereocenters. The maximum absolute atomic E-state index is 2.47. The van der Waals surface area contributed by atoms with E-state index in [2.05, 4.69) is 269 Å². The van der Waals surface area contributed by atoms with Crippen LogP contribution in [0, 0.1) is 41.5 Å². The lowest BCUT2D eigenvalue weighted by Crippen LogP contribution is -2.38. The molecule has 0 amide bonds. The predicted octanol–water partition coefficient (Wildman–Crippen LogP) is 16.6. The second kappa shape index (κ2) is 16.6. The topological polar surface area (TPSA) is 9.72 Å². The minimum atomic E-state index is -0.753. The molecule has 9 aromatic carbocycles. The third-order valence-electron chi connectivity index (χ3n) is 13.1. The summed E-state index contributed by atoms with van der Waals surface area (Å²) in [5.74, 6) is 0. The Hall–Kier alpha value is -7.62. The van der Waals surface area contributed by atoms with E-state index in [0.29, 0.717) is 0 Å². The molecular weight excluding hydrogens is 775 g/mol. The van der Waals surface area contributed by atoms with Crippen molar-refractivity contribution in [3.8, 4) is 0 Å². The molecule has 0 fully saturated rings. The SMILES string of the molecule is Cc1ccc(N2c3ccccc3C(c3cccc(N(c4ccccc4C)c4ccccc4C)c3)(c3cccc(N(c4ccccc4C)c4ccccc4C)c3)c3cc(C)ccc32)cc1. The molecule has 3 heteroatoms. The summed E-state index contributed by atoms with van der Waals surface area (Å²) >= 11 is 0. The van der Waals surface area contributed by atoms with Gasteiger partial charge in [0.05, 0.1) is 16.8 Å². The second-order valence-corrected chi connectivity index (χ2v) is 17.4. The summed E-state index contributed by atoms with van der Waals surface area (Å²) < 4.78 is 0. The zero-order valence-corrected chi connectivity index (χ0v) is 37.5. The first-order chi connectivity index (χ1) is 31.2. The normalized spacial score (nSPS) is 12.6. The summed E-state index contributed by atoms with van der Waals surface area (Å²) in [5.41, 5.74) is 21.7. The van der Waals surface area contributed by atoms with E-state index in [-0.39, 0.29) is 0 Å². The van der Waals surface area contributed by atoms with Gasteiger partial charge in [0.2, 0.25) is 0 Å². The van der Waals surface area contributed by atoms with Crippen LogP contribution in [0.5, 0.6) is 0 Å². The molecule has 1 aliphatic rings. The van der Waals surface area contributed by atoms with Crippen LogP contribution in [0.15, 0.2) is 212 Å². The zero-order valence-electron chi connectivity index (χ0n) is 37.5. The summed E-state index contributed by atoms with van der Waals surface area (Å²) in [6.45, 7) is 13.2. The highest BCUT2D eigenvalue weighted by atomic mass is 15.2. The number of nitrogens with zero attached hydrogens (tertiary/aromatic N) is 3. The van der Waals surface area contributed by atoms with Gasteiger partial charge < -0.3 is 14.7 Å². The number of para-hydroxylation sites is 5. The third-order valence-corrected chi connectivity index (χ3v) is 13.1. The fourth-order valence-electron chi connectivity index (χ4n) is 10.00. The minimum absolute atomic E-state index is 0.753. The molecule has 0 spiro atoms. The Balaban J connectivity index is 1.31. The van der Waals surface area contributed by atoms with Crippen LogP contribution in [-0.4, -0.2) is 0 Å². The average Bonchev–Trinajstić information content (AvgIpc) is 3.31. The summed E-state index contributed by atoms with van der Waals surface area (Å²) in [4.78, 5) is 7.36. The lowest BCUT2D eigenvalue weighted by atomic mass is 9.62. The van der Waals surface area contributed by atoms with E-state index >= 15 is 0 Å². The second-order valence-electron chi connectivity index (χ2n) is 17.4. The molecule has 3 nitrogen and oxygen atoms in total. The number of rotatable bonds is 9. The average molecular weight is 828 g/mol. The van der Waals surface area contributed by atoms with Crippen molar-refractivity contribution in [3.63, 3.8) is 0 Å². The molecule has 0 N–H and O–H groups in total. The van der Waals surface area contributed by atoms with Crippen molar-refractivity contribution < 1.29 is 0 Å². The number of benzene rings is 9. The van der Waals surface area contributed by atoms with E-state index in [1.54, 1.807) is 0 Å². The Morgan fingerprint density at radius 3 is 1.20 bits per heavy atom. The molecule has 0 saturated carbocycles. The number of fused-ring (bicyclic) bond motifs is 2. The van der Waals surface area contributed by atoms with E-state index in [0.717, 1.165) is 51.2 Å². The predicted molar refractivity (Wildman–Crippen MR) is 271 cm³/mol. The van der Waals surface area contributed by atoms with Gasteiger partial charge in [-0.3, -0.25) is 0 Å². The van der Waals surface area contributed by atoms with Gasteiger partial charge in [-0.2, -0.15) is 0 Å². The van der Waals surface area contributed by atoms with Crippen LogP contribution in [0.4, 0.5) is 51.2 Å². The molecule has 0 bridgehead atoms. The fraction of sp³-hybridized carbons (Fsp3) is 0.115. The molecule has 9 aromatic rings. The Bertz CT molecular complexity index is 2930.